The Hall–Kier alpha value is -0.440. The van der Waals surface area contributed by atoms with Gasteiger partial charge in [0.25, 0.3) is 0 Å². The lowest BCUT2D eigenvalue weighted by Gasteiger charge is -2.38. The molecule has 3 aliphatic rings. The molecule has 0 aromatic rings. The van der Waals surface area contributed by atoms with Crippen molar-refractivity contribution in [1.29, 1.82) is 0 Å². The second-order valence-electron chi connectivity index (χ2n) is 7.80. The van der Waals surface area contributed by atoms with Crippen LogP contribution in [0.25, 0.3) is 0 Å². The zero-order chi connectivity index (χ0) is 19.6. The van der Waals surface area contributed by atoms with Crippen molar-refractivity contribution in [2.45, 2.75) is 55.9 Å². The van der Waals surface area contributed by atoms with E-state index in [1.807, 2.05) is 23.8 Å². The normalized spacial score (nSPS) is 41.2. The van der Waals surface area contributed by atoms with Gasteiger partial charge in [0.2, 0.25) is 0 Å². The van der Waals surface area contributed by atoms with Crippen molar-refractivity contribution in [2.75, 3.05) is 46.6 Å². The van der Waals surface area contributed by atoms with E-state index < -0.39 is 24.5 Å². The van der Waals surface area contributed by atoms with E-state index >= 15 is 0 Å². The number of likely N-dealkylation sites (N-methyl/N-ethyl adjacent to an activating group) is 1. The first-order valence-corrected chi connectivity index (χ1v) is 9.68. The smallest absolute Gasteiger partial charge is 0.142 e. The highest BCUT2D eigenvalue weighted by atomic mass is 16.6. The van der Waals surface area contributed by atoms with Gasteiger partial charge in [-0.15, -0.1) is 0 Å². The lowest BCUT2D eigenvalue weighted by atomic mass is 10.1. The van der Waals surface area contributed by atoms with Crippen LogP contribution >= 0.6 is 0 Å². The Morgan fingerprint density at radius 3 is 2.81 bits per heavy atom. The SMILES string of the molecule is CC(CO)NCCN(C)C[C@H]1O[C@@H](N2CNC3C(N)NCNC32)[C@H](O)[C@@H]1O. The molecule has 0 aliphatic carbocycles. The molecule has 158 valence electrons. The summed E-state index contributed by atoms with van der Waals surface area (Å²) in [5, 5.41) is 43.1. The van der Waals surface area contributed by atoms with Crippen LogP contribution in [0, 0.1) is 0 Å². The maximum absolute atomic E-state index is 10.6. The Balaban J connectivity index is 1.51. The number of hydrogen-bond acceptors (Lipinski definition) is 11. The van der Waals surface area contributed by atoms with E-state index in [0.29, 0.717) is 19.9 Å². The topological polar surface area (TPSA) is 151 Å². The zero-order valence-electron chi connectivity index (χ0n) is 16.1. The minimum Gasteiger partial charge on any atom is -0.395 e. The Morgan fingerprint density at radius 2 is 2.07 bits per heavy atom. The number of fused-ring (bicyclic) bond motifs is 1. The zero-order valence-corrected chi connectivity index (χ0v) is 16.1. The Morgan fingerprint density at radius 1 is 1.30 bits per heavy atom. The fraction of sp³-hybridized carbons (Fsp3) is 1.00. The van der Waals surface area contributed by atoms with Crippen LogP contribution in [-0.4, -0.2) is 121 Å². The largest absolute Gasteiger partial charge is 0.395 e. The maximum atomic E-state index is 10.6. The van der Waals surface area contributed by atoms with Gasteiger partial charge in [-0.05, 0) is 14.0 Å². The minimum atomic E-state index is -0.982. The standard InChI is InChI=1S/C16H35N7O4/c1-9(6-24)18-3-4-22(2)5-10-12(25)13(26)16(27-10)23-8-21-11-14(17)19-7-20-15(11)23/h9-16,18-21,24-26H,3-8,17H2,1-2H3/t9?,10-,11?,12-,13-,14?,15?,16-/m1/s1. The van der Waals surface area contributed by atoms with Crippen molar-refractivity contribution in [3.8, 4) is 0 Å². The molecule has 11 nitrogen and oxygen atoms in total. The Bertz CT molecular complexity index is 476. The third-order valence-corrected chi connectivity index (χ3v) is 5.66. The lowest BCUT2D eigenvalue weighted by Crippen LogP contribution is -2.68. The number of aliphatic hydroxyl groups is 3. The molecule has 8 atom stereocenters. The third kappa shape index (κ3) is 4.77. The van der Waals surface area contributed by atoms with Crippen molar-refractivity contribution in [2.24, 2.45) is 5.73 Å². The van der Waals surface area contributed by atoms with Crippen LogP contribution < -0.4 is 27.0 Å². The highest BCUT2D eigenvalue weighted by Crippen LogP contribution is 2.28. The molecule has 11 heteroatoms. The van der Waals surface area contributed by atoms with E-state index in [4.69, 9.17) is 15.6 Å². The molecule has 0 spiro atoms. The fourth-order valence-corrected chi connectivity index (χ4v) is 3.97. The van der Waals surface area contributed by atoms with E-state index in [0.717, 1.165) is 13.1 Å². The summed E-state index contributed by atoms with van der Waals surface area (Å²) in [7, 11) is 1.95. The van der Waals surface area contributed by atoms with Gasteiger partial charge in [-0.2, -0.15) is 0 Å². The fourth-order valence-electron chi connectivity index (χ4n) is 3.97. The van der Waals surface area contributed by atoms with Crippen LogP contribution in [-0.2, 0) is 4.74 Å². The van der Waals surface area contributed by atoms with Gasteiger partial charge in [-0.1, -0.05) is 0 Å². The first-order valence-electron chi connectivity index (χ1n) is 9.68. The molecule has 0 bridgehead atoms. The molecule has 9 N–H and O–H groups in total. The molecule has 3 heterocycles. The van der Waals surface area contributed by atoms with E-state index in [2.05, 4.69) is 21.3 Å². The van der Waals surface area contributed by atoms with Gasteiger partial charge < -0.3 is 36.0 Å². The second kappa shape index (κ2) is 9.37. The van der Waals surface area contributed by atoms with E-state index in [9.17, 15) is 10.2 Å². The predicted molar refractivity (Wildman–Crippen MR) is 99.3 cm³/mol. The number of aliphatic hydroxyl groups excluding tert-OH is 3. The van der Waals surface area contributed by atoms with Crippen molar-refractivity contribution in [1.82, 2.24) is 31.1 Å². The number of ether oxygens (including phenoxy) is 1. The van der Waals surface area contributed by atoms with Crippen LogP contribution in [0.3, 0.4) is 0 Å². The summed E-state index contributed by atoms with van der Waals surface area (Å²) >= 11 is 0. The summed E-state index contributed by atoms with van der Waals surface area (Å²) < 4.78 is 6.06. The second-order valence-corrected chi connectivity index (χ2v) is 7.80. The first-order chi connectivity index (χ1) is 12.9. The number of nitrogens with one attached hydrogen (secondary N) is 4. The molecule has 4 unspecified atom stereocenters. The van der Waals surface area contributed by atoms with Crippen molar-refractivity contribution in [3.05, 3.63) is 0 Å². The van der Waals surface area contributed by atoms with E-state index in [1.54, 1.807) is 0 Å². The Labute approximate surface area is 160 Å². The molecule has 27 heavy (non-hydrogen) atoms. The average molecular weight is 390 g/mol. The summed E-state index contributed by atoms with van der Waals surface area (Å²) in [5.41, 5.74) is 6.09. The Kier molecular flexibility index (Phi) is 7.38. The van der Waals surface area contributed by atoms with Gasteiger partial charge in [0.1, 0.15) is 24.5 Å². The van der Waals surface area contributed by atoms with Crippen molar-refractivity contribution in [3.63, 3.8) is 0 Å². The monoisotopic (exact) mass is 389 g/mol. The number of nitrogens with two attached hydrogens (primary N) is 1. The van der Waals surface area contributed by atoms with Gasteiger partial charge in [0.05, 0.1) is 31.6 Å². The first kappa shape index (κ1) is 21.3. The molecule has 3 saturated heterocycles. The highest BCUT2D eigenvalue weighted by molar-refractivity contribution is 5.01. The molecule has 3 rings (SSSR count). The molecular weight excluding hydrogens is 354 g/mol. The summed E-state index contributed by atoms with van der Waals surface area (Å²) in [6.07, 6.45) is -3.24. The average Bonchev–Trinajstić information content (AvgIpc) is 3.19. The summed E-state index contributed by atoms with van der Waals surface area (Å²) in [5.74, 6) is 0. The van der Waals surface area contributed by atoms with Crippen LogP contribution in [0.5, 0.6) is 0 Å². The highest BCUT2D eigenvalue weighted by Gasteiger charge is 2.51. The van der Waals surface area contributed by atoms with Crippen molar-refractivity contribution < 1.29 is 20.1 Å². The molecule has 3 fully saturated rings. The molecule has 0 amide bonds. The van der Waals surface area contributed by atoms with Crippen LogP contribution in [0.1, 0.15) is 6.92 Å². The lowest BCUT2D eigenvalue weighted by molar-refractivity contribution is -0.106. The summed E-state index contributed by atoms with van der Waals surface area (Å²) in [6, 6.07) is 0.0606. The maximum Gasteiger partial charge on any atom is 0.142 e. The van der Waals surface area contributed by atoms with Gasteiger partial charge in [0, 0.05) is 32.3 Å². The summed E-state index contributed by atoms with van der Waals surface area (Å²) in [6.45, 7) is 5.10. The summed E-state index contributed by atoms with van der Waals surface area (Å²) in [4.78, 5) is 4.04. The van der Waals surface area contributed by atoms with Crippen LogP contribution in [0.15, 0.2) is 0 Å². The predicted octanol–water partition coefficient (Wildman–Crippen LogP) is -4.67. The molecule has 0 radical (unpaired) electrons. The minimum absolute atomic E-state index is 0.00741. The molecule has 0 saturated carbocycles. The molecular formula is C16H35N7O4. The third-order valence-electron chi connectivity index (χ3n) is 5.66. The molecule has 0 aromatic carbocycles. The van der Waals surface area contributed by atoms with Crippen molar-refractivity contribution >= 4 is 0 Å². The van der Waals surface area contributed by atoms with Gasteiger partial charge in [0.15, 0.2) is 0 Å². The molecule has 3 aliphatic heterocycles. The number of rotatable bonds is 8. The number of hydrogen-bond donors (Lipinski definition) is 8. The van der Waals surface area contributed by atoms with Crippen LogP contribution in [0.4, 0.5) is 0 Å². The van der Waals surface area contributed by atoms with Gasteiger partial charge in [-0.3, -0.25) is 16.0 Å². The number of nitrogens with zero attached hydrogens (tertiary/aromatic N) is 2. The van der Waals surface area contributed by atoms with Crippen LogP contribution in [0.2, 0.25) is 0 Å². The van der Waals surface area contributed by atoms with E-state index in [-0.39, 0.29) is 31.0 Å². The van der Waals surface area contributed by atoms with Gasteiger partial charge >= 0.3 is 0 Å². The quantitative estimate of drug-likeness (QED) is 0.202. The van der Waals surface area contributed by atoms with Gasteiger partial charge in [-0.25, -0.2) is 4.90 Å². The molecule has 0 aromatic heterocycles. The van der Waals surface area contributed by atoms with E-state index in [1.165, 1.54) is 0 Å².